The first-order valence-corrected chi connectivity index (χ1v) is 12.4. The van der Waals surface area contributed by atoms with Gasteiger partial charge in [0.05, 0.1) is 17.3 Å². The van der Waals surface area contributed by atoms with E-state index in [9.17, 15) is 13.2 Å². The molecule has 0 aliphatic carbocycles. The number of hydrogen-bond acceptors (Lipinski definition) is 7. The number of aromatic nitrogens is 1. The molecule has 1 aliphatic rings. The predicted molar refractivity (Wildman–Crippen MR) is 118 cm³/mol. The van der Waals surface area contributed by atoms with E-state index in [1.807, 2.05) is 31.2 Å². The van der Waals surface area contributed by atoms with Crippen LogP contribution in [0.5, 0.6) is 5.75 Å². The molecule has 2 heterocycles. The van der Waals surface area contributed by atoms with E-state index in [0.717, 1.165) is 5.52 Å². The van der Waals surface area contributed by atoms with Gasteiger partial charge in [-0.2, -0.15) is 4.31 Å². The van der Waals surface area contributed by atoms with Crippen LogP contribution in [0.1, 0.15) is 6.92 Å². The Kier molecular flexibility index (Phi) is 6.49. The number of thioether (sulfide) groups is 1. The average Bonchev–Trinajstić information content (AvgIpc) is 3.21. The van der Waals surface area contributed by atoms with E-state index in [0.29, 0.717) is 36.3 Å². The highest BCUT2D eigenvalue weighted by molar-refractivity contribution is 7.99. The number of benzene rings is 2. The molecule has 0 unspecified atom stereocenters. The first kappa shape index (κ1) is 21.7. The van der Waals surface area contributed by atoms with E-state index >= 15 is 0 Å². The third-order valence-electron chi connectivity index (χ3n) is 4.96. The second-order valence-corrected chi connectivity index (χ2v) is 9.79. The lowest BCUT2D eigenvalue weighted by molar-refractivity contribution is -0.129. The van der Waals surface area contributed by atoms with Crippen molar-refractivity contribution in [2.45, 2.75) is 17.0 Å². The maximum absolute atomic E-state index is 12.9. The summed E-state index contributed by atoms with van der Waals surface area (Å²) in [6, 6.07) is 13.8. The number of sulfonamides is 1. The van der Waals surface area contributed by atoms with Gasteiger partial charge in [-0.1, -0.05) is 23.9 Å². The highest BCUT2D eigenvalue weighted by Gasteiger charge is 2.30. The Morgan fingerprint density at radius 3 is 2.48 bits per heavy atom. The maximum Gasteiger partial charge on any atom is 0.257 e. The van der Waals surface area contributed by atoms with Crippen LogP contribution in [-0.2, 0) is 14.8 Å². The molecule has 164 valence electrons. The smallest absolute Gasteiger partial charge is 0.257 e. The number of fused-ring (bicyclic) bond motifs is 1. The number of carbonyl (C=O) groups is 1. The maximum atomic E-state index is 12.9. The first-order chi connectivity index (χ1) is 15.0. The average molecular weight is 462 g/mol. The molecule has 3 aromatic rings. The number of piperazine rings is 1. The quantitative estimate of drug-likeness (QED) is 0.500. The molecular weight excluding hydrogens is 438 g/mol. The van der Waals surface area contributed by atoms with Crippen molar-refractivity contribution in [1.29, 1.82) is 0 Å². The number of para-hydroxylation sites is 2. The minimum absolute atomic E-state index is 0.0645. The van der Waals surface area contributed by atoms with Crippen molar-refractivity contribution in [1.82, 2.24) is 14.2 Å². The molecule has 2 aromatic carbocycles. The molecule has 8 nitrogen and oxygen atoms in total. The molecule has 0 atom stereocenters. The van der Waals surface area contributed by atoms with Gasteiger partial charge in [0, 0.05) is 26.2 Å². The molecule has 1 aliphatic heterocycles. The summed E-state index contributed by atoms with van der Waals surface area (Å²) >= 11 is 1.24. The first-order valence-electron chi connectivity index (χ1n) is 9.96. The van der Waals surface area contributed by atoms with Gasteiger partial charge in [-0.25, -0.2) is 13.4 Å². The summed E-state index contributed by atoms with van der Waals surface area (Å²) in [6.45, 7) is 3.61. The molecular formula is C21H23N3O5S2. The molecule has 1 saturated heterocycles. The van der Waals surface area contributed by atoms with E-state index in [1.54, 1.807) is 29.2 Å². The van der Waals surface area contributed by atoms with Crippen LogP contribution in [0.4, 0.5) is 0 Å². The van der Waals surface area contributed by atoms with Crippen LogP contribution in [0.15, 0.2) is 63.1 Å². The minimum Gasteiger partial charge on any atom is -0.494 e. The van der Waals surface area contributed by atoms with Crippen molar-refractivity contribution >= 4 is 38.8 Å². The second-order valence-electron chi connectivity index (χ2n) is 6.93. The summed E-state index contributed by atoms with van der Waals surface area (Å²) in [4.78, 5) is 18.8. The molecule has 0 N–H and O–H groups in total. The number of carbonyl (C=O) groups excluding carboxylic acids is 1. The number of ether oxygens (including phenoxy) is 1. The van der Waals surface area contributed by atoms with Crippen LogP contribution in [0.25, 0.3) is 11.1 Å². The number of hydrogen-bond donors (Lipinski definition) is 0. The molecule has 4 rings (SSSR count). The summed E-state index contributed by atoms with van der Waals surface area (Å²) in [5.74, 6) is 0.761. The van der Waals surface area contributed by atoms with Crippen LogP contribution in [-0.4, -0.2) is 67.1 Å². The summed E-state index contributed by atoms with van der Waals surface area (Å²) in [6.07, 6.45) is 0. The van der Waals surface area contributed by atoms with Gasteiger partial charge in [0.2, 0.25) is 15.9 Å². The van der Waals surface area contributed by atoms with E-state index < -0.39 is 10.0 Å². The molecule has 0 radical (unpaired) electrons. The Hall–Kier alpha value is -2.56. The lowest BCUT2D eigenvalue weighted by Crippen LogP contribution is -2.50. The predicted octanol–water partition coefficient (Wildman–Crippen LogP) is 2.85. The topological polar surface area (TPSA) is 93.0 Å². The van der Waals surface area contributed by atoms with Gasteiger partial charge in [0.1, 0.15) is 11.3 Å². The fourth-order valence-electron chi connectivity index (χ4n) is 3.33. The van der Waals surface area contributed by atoms with E-state index in [1.165, 1.54) is 16.1 Å². The van der Waals surface area contributed by atoms with Crippen molar-refractivity contribution in [3.63, 3.8) is 0 Å². The largest absolute Gasteiger partial charge is 0.494 e. The van der Waals surface area contributed by atoms with Crippen molar-refractivity contribution in [2.24, 2.45) is 0 Å². The lowest BCUT2D eigenvalue weighted by Gasteiger charge is -2.34. The van der Waals surface area contributed by atoms with Gasteiger partial charge in [-0.05, 0) is 43.3 Å². The van der Waals surface area contributed by atoms with Gasteiger partial charge < -0.3 is 14.1 Å². The Morgan fingerprint density at radius 1 is 1.10 bits per heavy atom. The Bertz CT molecular complexity index is 1120. The minimum atomic E-state index is -3.60. The van der Waals surface area contributed by atoms with Crippen LogP contribution in [0, 0.1) is 0 Å². The summed E-state index contributed by atoms with van der Waals surface area (Å²) < 4.78 is 38.2. The number of amides is 1. The summed E-state index contributed by atoms with van der Waals surface area (Å²) in [5.41, 5.74) is 1.44. The molecule has 0 saturated carbocycles. The molecule has 1 fully saturated rings. The van der Waals surface area contributed by atoms with Crippen LogP contribution in [0.2, 0.25) is 0 Å². The molecule has 0 spiro atoms. The van der Waals surface area contributed by atoms with E-state index in [2.05, 4.69) is 4.98 Å². The Morgan fingerprint density at radius 2 is 1.81 bits per heavy atom. The standard InChI is InChI=1S/C21H23N3O5S2/c1-2-28-16-7-9-17(10-8-16)31(26,27)24-13-11-23(12-14-24)20(25)15-30-21-22-18-5-3-4-6-19(18)29-21/h3-10H,2,11-15H2,1H3. The van der Waals surface area contributed by atoms with Gasteiger partial charge in [-0.3, -0.25) is 4.79 Å². The highest BCUT2D eigenvalue weighted by atomic mass is 32.2. The third kappa shape index (κ3) is 4.86. The van der Waals surface area contributed by atoms with Crippen molar-refractivity contribution in [2.75, 3.05) is 38.5 Å². The third-order valence-corrected chi connectivity index (χ3v) is 7.68. The number of oxazole rings is 1. The second kappa shape index (κ2) is 9.29. The molecule has 31 heavy (non-hydrogen) atoms. The zero-order valence-corrected chi connectivity index (χ0v) is 18.7. The summed E-state index contributed by atoms with van der Waals surface area (Å²) in [7, 11) is -3.60. The summed E-state index contributed by atoms with van der Waals surface area (Å²) in [5, 5.41) is 0.450. The van der Waals surface area contributed by atoms with Crippen molar-refractivity contribution < 1.29 is 22.4 Å². The fraction of sp³-hybridized carbons (Fsp3) is 0.333. The van der Waals surface area contributed by atoms with Crippen LogP contribution < -0.4 is 4.74 Å². The van der Waals surface area contributed by atoms with E-state index in [-0.39, 0.29) is 29.6 Å². The number of rotatable bonds is 7. The Balaban J connectivity index is 1.31. The highest BCUT2D eigenvalue weighted by Crippen LogP contribution is 2.24. The van der Waals surface area contributed by atoms with Crippen molar-refractivity contribution in [3.05, 3.63) is 48.5 Å². The lowest BCUT2D eigenvalue weighted by atomic mass is 10.3. The van der Waals surface area contributed by atoms with Gasteiger partial charge >= 0.3 is 0 Å². The van der Waals surface area contributed by atoms with Gasteiger partial charge in [0.15, 0.2) is 5.58 Å². The van der Waals surface area contributed by atoms with Gasteiger partial charge in [0.25, 0.3) is 5.22 Å². The molecule has 1 amide bonds. The molecule has 0 bridgehead atoms. The normalized spacial score (nSPS) is 15.3. The molecule has 1 aromatic heterocycles. The molecule has 10 heteroatoms. The Labute approximate surface area is 185 Å². The van der Waals surface area contributed by atoms with Crippen LogP contribution >= 0.6 is 11.8 Å². The number of nitrogens with zero attached hydrogens (tertiary/aromatic N) is 3. The zero-order chi connectivity index (χ0) is 21.8. The fourth-order valence-corrected chi connectivity index (χ4v) is 5.49. The SMILES string of the molecule is CCOc1ccc(S(=O)(=O)N2CCN(C(=O)CSc3nc4ccccc4o3)CC2)cc1. The van der Waals surface area contributed by atoms with Crippen LogP contribution in [0.3, 0.4) is 0 Å². The zero-order valence-electron chi connectivity index (χ0n) is 17.1. The van der Waals surface area contributed by atoms with E-state index in [4.69, 9.17) is 9.15 Å². The van der Waals surface area contributed by atoms with Gasteiger partial charge in [-0.15, -0.1) is 0 Å². The van der Waals surface area contributed by atoms with Crippen molar-refractivity contribution in [3.8, 4) is 5.75 Å². The monoisotopic (exact) mass is 461 g/mol.